The van der Waals surface area contributed by atoms with Gasteiger partial charge in [0.1, 0.15) is 12.4 Å². The molecule has 0 saturated carbocycles. The van der Waals surface area contributed by atoms with Gasteiger partial charge in [-0.05, 0) is 0 Å². The van der Waals surface area contributed by atoms with Gasteiger partial charge in [-0.25, -0.2) is 9.48 Å². The lowest BCUT2D eigenvalue weighted by molar-refractivity contribution is -0.133. The Hall–Kier alpha value is -2.62. The maximum atomic E-state index is 12.5. The first-order chi connectivity index (χ1) is 12.0. The number of aryl methyl sites for hydroxylation is 3. The van der Waals surface area contributed by atoms with Gasteiger partial charge in [-0.15, -0.1) is 0 Å². The van der Waals surface area contributed by atoms with Crippen LogP contribution >= 0.6 is 0 Å². The zero-order valence-corrected chi connectivity index (χ0v) is 14.5. The van der Waals surface area contributed by atoms with Gasteiger partial charge >= 0.3 is 5.69 Å². The molecule has 2 aromatic heterocycles. The van der Waals surface area contributed by atoms with Gasteiger partial charge in [0.2, 0.25) is 5.91 Å². The Morgan fingerprint density at radius 3 is 2.84 bits per heavy atom. The lowest BCUT2D eigenvalue weighted by atomic mass is 10.1. The highest BCUT2D eigenvalue weighted by Crippen LogP contribution is 2.19. The number of hydrogen-bond acceptors (Lipinski definition) is 6. The molecule has 136 valence electrons. The fourth-order valence-electron chi connectivity index (χ4n) is 2.77. The normalized spacial score (nSPS) is 20.0. The highest BCUT2D eigenvalue weighted by Gasteiger charge is 2.35. The van der Waals surface area contributed by atoms with Crippen LogP contribution in [0, 0.1) is 0 Å². The van der Waals surface area contributed by atoms with Gasteiger partial charge in [0, 0.05) is 27.6 Å². The summed E-state index contributed by atoms with van der Waals surface area (Å²) < 4.78 is 15.7. The molecule has 25 heavy (non-hydrogen) atoms. The second kappa shape index (κ2) is 7.09. The Morgan fingerprint density at radius 1 is 1.40 bits per heavy atom. The van der Waals surface area contributed by atoms with Gasteiger partial charge in [-0.1, -0.05) is 0 Å². The minimum atomic E-state index is -0.254. The zero-order valence-electron chi connectivity index (χ0n) is 14.5. The van der Waals surface area contributed by atoms with Crippen molar-refractivity contribution in [2.24, 2.45) is 14.1 Å². The van der Waals surface area contributed by atoms with Crippen LogP contribution in [0.2, 0.25) is 0 Å². The van der Waals surface area contributed by atoms with Crippen molar-refractivity contribution in [2.45, 2.75) is 25.1 Å². The highest BCUT2D eigenvalue weighted by molar-refractivity contribution is 5.76. The largest absolute Gasteiger partial charge is 0.482 e. The average Bonchev–Trinajstić information content (AvgIpc) is 3.29. The van der Waals surface area contributed by atoms with E-state index >= 15 is 0 Å². The number of likely N-dealkylation sites (N-methyl/N-ethyl adjacent to an activating group) is 1. The van der Waals surface area contributed by atoms with Gasteiger partial charge in [-0.3, -0.25) is 14.0 Å². The fourth-order valence-corrected chi connectivity index (χ4v) is 2.77. The number of hydrogen-bond donors (Lipinski definition) is 0. The Bertz CT molecular complexity index is 794. The molecular weight excluding hydrogens is 328 g/mol. The maximum absolute atomic E-state index is 12.5. The summed E-state index contributed by atoms with van der Waals surface area (Å²) in [6, 6.07) is -0.187. The van der Waals surface area contributed by atoms with Crippen molar-refractivity contribution in [2.75, 3.05) is 20.3 Å². The predicted octanol–water partition coefficient (Wildman–Crippen LogP) is -0.990. The molecule has 0 spiro atoms. The average molecular weight is 350 g/mol. The van der Waals surface area contributed by atoms with Gasteiger partial charge in [0.15, 0.2) is 5.75 Å². The lowest BCUT2D eigenvalue weighted by Gasteiger charge is -2.28. The number of aromatic nitrogens is 5. The molecule has 10 heteroatoms. The van der Waals surface area contributed by atoms with E-state index in [4.69, 9.17) is 9.47 Å². The molecule has 1 saturated heterocycles. The standard InChI is InChI=1S/C15H22N6O4/c1-18-10-17-21(15(18)23)5-4-14(22)20(3)12-8-24-9-13(12)25-11-6-16-19(2)7-11/h6-7,10,12-13H,4-5,8-9H2,1-3H3/t12-,13+/m0/s1. The SMILES string of the molecule is CN(C(=O)CCn1ncn(C)c1=O)[C@H]1COC[C@H]1Oc1cnn(C)c1. The molecule has 1 aliphatic heterocycles. The molecular formula is C15H22N6O4. The van der Waals surface area contributed by atoms with Gasteiger partial charge in [0.25, 0.3) is 0 Å². The van der Waals surface area contributed by atoms with E-state index in [0.717, 1.165) is 0 Å². The number of nitrogens with zero attached hydrogens (tertiary/aromatic N) is 6. The van der Waals surface area contributed by atoms with E-state index in [9.17, 15) is 9.59 Å². The molecule has 0 aliphatic carbocycles. The third-order valence-corrected chi connectivity index (χ3v) is 4.28. The van der Waals surface area contributed by atoms with Crippen molar-refractivity contribution < 1.29 is 14.3 Å². The Balaban J connectivity index is 1.58. The van der Waals surface area contributed by atoms with Crippen molar-refractivity contribution in [3.05, 3.63) is 29.2 Å². The van der Waals surface area contributed by atoms with Crippen LogP contribution in [-0.4, -0.2) is 67.3 Å². The minimum Gasteiger partial charge on any atom is -0.482 e. The molecule has 3 heterocycles. The van der Waals surface area contributed by atoms with Gasteiger partial charge < -0.3 is 14.4 Å². The van der Waals surface area contributed by atoms with Crippen LogP contribution in [0.5, 0.6) is 5.75 Å². The van der Waals surface area contributed by atoms with Crippen LogP contribution < -0.4 is 10.4 Å². The summed E-state index contributed by atoms with van der Waals surface area (Å²) in [5.74, 6) is 0.553. The Kier molecular flexibility index (Phi) is 4.88. The second-order valence-electron chi connectivity index (χ2n) is 6.11. The number of rotatable bonds is 6. The molecule has 0 bridgehead atoms. The first-order valence-electron chi connectivity index (χ1n) is 8.03. The Labute approximate surface area is 144 Å². The van der Waals surface area contributed by atoms with Gasteiger partial charge in [-0.2, -0.15) is 10.2 Å². The third kappa shape index (κ3) is 3.73. The van der Waals surface area contributed by atoms with Crippen molar-refractivity contribution in [1.29, 1.82) is 0 Å². The van der Waals surface area contributed by atoms with E-state index in [-0.39, 0.29) is 36.7 Å². The van der Waals surface area contributed by atoms with Crippen LogP contribution in [0.4, 0.5) is 0 Å². The number of carbonyl (C=O) groups excluding carboxylic acids is 1. The molecule has 1 aliphatic rings. The smallest absolute Gasteiger partial charge is 0.345 e. The monoisotopic (exact) mass is 350 g/mol. The lowest BCUT2D eigenvalue weighted by Crippen LogP contribution is -2.46. The molecule has 1 amide bonds. The van der Waals surface area contributed by atoms with Crippen molar-refractivity contribution in [1.82, 2.24) is 29.0 Å². The number of amides is 1. The van der Waals surface area contributed by atoms with Crippen molar-refractivity contribution >= 4 is 5.91 Å². The molecule has 0 unspecified atom stereocenters. The van der Waals surface area contributed by atoms with Crippen LogP contribution in [0.25, 0.3) is 0 Å². The molecule has 2 atom stereocenters. The first-order valence-corrected chi connectivity index (χ1v) is 8.03. The maximum Gasteiger partial charge on any atom is 0.345 e. The van der Waals surface area contributed by atoms with E-state index in [0.29, 0.717) is 19.0 Å². The molecule has 10 nitrogen and oxygen atoms in total. The van der Waals surface area contributed by atoms with Crippen LogP contribution in [0.3, 0.4) is 0 Å². The summed E-state index contributed by atoms with van der Waals surface area (Å²) >= 11 is 0. The van der Waals surface area contributed by atoms with Gasteiger partial charge in [0.05, 0.1) is 38.2 Å². The summed E-state index contributed by atoms with van der Waals surface area (Å²) in [6.07, 6.45) is 4.76. The first kappa shape index (κ1) is 17.2. The molecule has 0 radical (unpaired) electrons. The summed E-state index contributed by atoms with van der Waals surface area (Å²) in [5, 5.41) is 8.02. The highest BCUT2D eigenvalue weighted by atomic mass is 16.5. The number of ether oxygens (including phenoxy) is 2. The summed E-state index contributed by atoms with van der Waals surface area (Å²) in [5.41, 5.74) is -0.238. The van der Waals surface area contributed by atoms with Crippen LogP contribution in [0.1, 0.15) is 6.42 Å². The van der Waals surface area contributed by atoms with E-state index in [1.54, 1.807) is 36.1 Å². The van der Waals surface area contributed by atoms with E-state index in [2.05, 4.69) is 10.2 Å². The number of carbonyl (C=O) groups is 1. The summed E-state index contributed by atoms with van der Waals surface area (Å²) in [4.78, 5) is 25.9. The van der Waals surface area contributed by atoms with E-state index < -0.39 is 0 Å². The third-order valence-electron chi connectivity index (χ3n) is 4.28. The van der Waals surface area contributed by atoms with E-state index in [1.807, 2.05) is 7.05 Å². The zero-order chi connectivity index (χ0) is 18.0. The fraction of sp³-hybridized carbons (Fsp3) is 0.600. The quantitative estimate of drug-likeness (QED) is 0.664. The topological polar surface area (TPSA) is 96.4 Å². The molecule has 3 rings (SSSR count). The van der Waals surface area contributed by atoms with Crippen molar-refractivity contribution in [3.8, 4) is 5.75 Å². The molecule has 0 N–H and O–H groups in total. The predicted molar refractivity (Wildman–Crippen MR) is 87.1 cm³/mol. The second-order valence-corrected chi connectivity index (χ2v) is 6.11. The van der Waals surface area contributed by atoms with E-state index in [1.165, 1.54) is 15.6 Å². The molecule has 0 aromatic carbocycles. The minimum absolute atomic E-state index is 0.0900. The Morgan fingerprint density at radius 2 is 2.20 bits per heavy atom. The summed E-state index contributed by atoms with van der Waals surface area (Å²) in [6.45, 7) is 1.07. The van der Waals surface area contributed by atoms with Crippen LogP contribution in [-0.2, 0) is 30.2 Å². The summed E-state index contributed by atoms with van der Waals surface area (Å²) in [7, 11) is 5.16. The van der Waals surface area contributed by atoms with Crippen molar-refractivity contribution in [3.63, 3.8) is 0 Å². The molecule has 2 aromatic rings. The van der Waals surface area contributed by atoms with Crippen LogP contribution in [0.15, 0.2) is 23.5 Å². The molecule has 1 fully saturated rings.